The lowest BCUT2D eigenvalue weighted by Gasteiger charge is -2.06. The highest BCUT2D eigenvalue weighted by molar-refractivity contribution is 6.30. The number of rotatable bonds is 4. The maximum atomic E-state index is 13.1. The normalized spacial score (nSPS) is 10.7. The lowest BCUT2D eigenvalue weighted by Crippen LogP contribution is -2.14. The molecule has 1 aromatic heterocycles. The third kappa shape index (κ3) is 4.29. The molecule has 0 unspecified atom stereocenters. The third-order valence-electron chi connectivity index (χ3n) is 4.09. The molecule has 0 aliphatic heterocycles. The standard InChI is InChI=1S/C21H13Cl2FN4O/c22-14-3-1-13(2-4-14)20-26-19(21(29)25-17-9-7-16(24)8-10-17)27-28(20)18-11-5-15(23)6-12-18/h1-12H,(H,25,29). The first-order valence-corrected chi connectivity index (χ1v) is 9.31. The van der Waals surface area contributed by atoms with Gasteiger partial charge in [-0.05, 0) is 72.8 Å². The SMILES string of the molecule is O=C(Nc1ccc(F)cc1)c1nc(-c2ccc(Cl)cc2)n(-c2ccc(Cl)cc2)n1. The summed E-state index contributed by atoms with van der Waals surface area (Å²) in [7, 11) is 0. The zero-order valence-electron chi connectivity index (χ0n) is 14.8. The molecular formula is C21H13Cl2FN4O. The molecule has 0 aliphatic carbocycles. The summed E-state index contributed by atoms with van der Waals surface area (Å²) in [6, 6.07) is 19.5. The first-order valence-electron chi connectivity index (χ1n) is 8.55. The predicted octanol–water partition coefficient (Wildman–Crippen LogP) is 5.63. The van der Waals surface area contributed by atoms with Gasteiger partial charge < -0.3 is 5.32 Å². The zero-order chi connectivity index (χ0) is 20.4. The highest BCUT2D eigenvalue weighted by Gasteiger charge is 2.19. The maximum Gasteiger partial charge on any atom is 0.295 e. The third-order valence-corrected chi connectivity index (χ3v) is 4.59. The van der Waals surface area contributed by atoms with Crippen molar-refractivity contribution < 1.29 is 9.18 Å². The highest BCUT2D eigenvalue weighted by Crippen LogP contribution is 2.24. The van der Waals surface area contributed by atoms with Crippen LogP contribution in [0, 0.1) is 5.82 Å². The van der Waals surface area contributed by atoms with Crippen LogP contribution in [0.25, 0.3) is 17.1 Å². The number of carbonyl (C=O) groups is 1. The highest BCUT2D eigenvalue weighted by atomic mass is 35.5. The van der Waals surface area contributed by atoms with Crippen LogP contribution in [-0.4, -0.2) is 20.7 Å². The first kappa shape index (κ1) is 19.1. The molecule has 0 atom stereocenters. The fraction of sp³-hybridized carbons (Fsp3) is 0. The van der Waals surface area contributed by atoms with Gasteiger partial charge in [-0.25, -0.2) is 14.1 Å². The molecule has 1 heterocycles. The van der Waals surface area contributed by atoms with Gasteiger partial charge in [0.1, 0.15) is 5.82 Å². The maximum absolute atomic E-state index is 13.1. The van der Waals surface area contributed by atoms with E-state index in [9.17, 15) is 9.18 Å². The Kier molecular flexibility index (Phi) is 5.29. The Morgan fingerprint density at radius 1 is 0.862 bits per heavy atom. The van der Waals surface area contributed by atoms with Gasteiger partial charge in [0, 0.05) is 21.3 Å². The smallest absolute Gasteiger partial charge is 0.295 e. The van der Waals surface area contributed by atoms with Crippen LogP contribution in [0.15, 0.2) is 72.8 Å². The van der Waals surface area contributed by atoms with E-state index < -0.39 is 11.7 Å². The molecule has 1 N–H and O–H groups in total. The summed E-state index contributed by atoms with van der Waals surface area (Å²) in [5, 5.41) is 8.19. The molecule has 4 rings (SSSR count). The minimum atomic E-state index is -0.514. The summed E-state index contributed by atoms with van der Waals surface area (Å²) in [4.78, 5) is 17.1. The van der Waals surface area contributed by atoms with Gasteiger partial charge >= 0.3 is 0 Å². The molecule has 0 aliphatic rings. The molecule has 144 valence electrons. The Hall–Kier alpha value is -3.22. The van der Waals surface area contributed by atoms with Crippen LogP contribution >= 0.6 is 23.2 Å². The molecule has 0 spiro atoms. The topological polar surface area (TPSA) is 59.8 Å². The van der Waals surface area contributed by atoms with Crippen molar-refractivity contribution in [2.24, 2.45) is 0 Å². The summed E-state index contributed by atoms with van der Waals surface area (Å²) >= 11 is 12.0. The summed E-state index contributed by atoms with van der Waals surface area (Å²) in [5.74, 6) is -0.472. The molecule has 29 heavy (non-hydrogen) atoms. The second-order valence-corrected chi connectivity index (χ2v) is 6.99. The van der Waals surface area contributed by atoms with E-state index in [0.29, 0.717) is 27.2 Å². The van der Waals surface area contributed by atoms with Crippen molar-refractivity contribution in [2.45, 2.75) is 0 Å². The van der Waals surface area contributed by atoms with E-state index in [1.807, 2.05) is 0 Å². The Balaban J connectivity index is 1.74. The van der Waals surface area contributed by atoms with Crippen molar-refractivity contribution in [2.75, 3.05) is 5.32 Å². The molecule has 0 bridgehead atoms. The van der Waals surface area contributed by atoms with Gasteiger partial charge in [-0.3, -0.25) is 4.79 Å². The van der Waals surface area contributed by atoms with E-state index >= 15 is 0 Å². The Morgan fingerprint density at radius 3 is 2.07 bits per heavy atom. The van der Waals surface area contributed by atoms with Crippen molar-refractivity contribution in [1.29, 1.82) is 0 Å². The van der Waals surface area contributed by atoms with Gasteiger partial charge in [0.15, 0.2) is 5.82 Å². The van der Waals surface area contributed by atoms with Crippen LogP contribution < -0.4 is 5.32 Å². The number of carbonyl (C=O) groups excluding carboxylic acids is 1. The van der Waals surface area contributed by atoms with E-state index in [0.717, 1.165) is 5.56 Å². The lowest BCUT2D eigenvalue weighted by molar-refractivity contribution is 0.101. The van der Waals surface area contributed by atoms with E-state index in [-0.39, 0.29) is 5.82 Å². The molecule has 4 aromatic rings. The van der Waals surface area contributed by atoms with Crippen LogP contribution in [0.2, 0.25) is 10.0 Å². The van der Waals surface area contributed by atoms with Crippen molar-refractivity contribution >= 4 is 34.8 Å². The van der Waals surface area contributed by atoms with Crippen molar-refractivity contribution in [3.05, 3.63) is 94.5 Å². The minimum Gasteiger partial charge on any atom is -0.319 e. The number of benzene rings is 3. The Bertz CT molecular complexity index is 1090. The van der Waals surface area contributed by atoms with Gasteiger partial charge in [-0.2, -0.15) is 0 Å². The molecule has 0 saturated heterocycles. The van der Waals surface area contributed by atoms with Crippen molar-refractivity contribution in [3.8, 4) is 17.1 Å². The average molecular weight is 427 g/mol. The molecule has 5 nitrogen and oxygen atoms in total. The summed E-state index contributed by atoms with van der Waals surface area (Å²) < 4.78 is 14.6. The van der Waals surface area contributed by atoms with Crippen LogP contribution in [0.5, 0.6) is 0 Å². The van der Waals surface area contributed by atoms with Gasteiger partial charge in [0.05, 0.1) is 5.69 Å². The molecule has 3 aromatic carbocycles. The molecule has 0 fully saturated rings. The average Bonchev–Trinajstić information content (AvgIpc) is 3.16. The predicted molar refractivity (Wildman–Crippen MR) is 111 cm³/mol. The number of hydrogen-bond donors (Lipinski definition) is 1. The molecule has 0 radical (unpaired) electrons. The fourth-order valence-electron chi connectivity index (χ4n) is 2.68. The van der Waals surface area contributed by atoms with Crippen molar-refractivity contribution in [3.63, 3.8) is 0 Å². The van der Waals surface area contributed by atoms with Crippen LogP contribution in [-0.2, 0) is 0 Å². The van der Waals surface area contributed by atoms with Crippen LogP contribution in [0.1, 0.15) is 10.6 Å². The molecule has 1 amide bonds. The number of hydrogen-bond acceptors (Lipinski definition) is 3. The monoisotopic (exact) mass is 426 g/mol. The Morgan fingerprint density at radius 2 is 1.45 bits per heavy atom. The number of anilines is 1. The second-order valence-electron chi connectivity index (χ2n) is 6.12. The van der Waals surface area contributed by atoms with Crippen LogP contribution in [0.3, 0.4) is 0 Å². The zero-order valence-corrected chi connectivity index (χ0v) is 16.3. The number of aromatic nitrogens is 3. The van der Waals surface area contributed by atoms with Gasteiger partial charge in [-0.1, -0.05) is 23.2 Å². The number of nitrogens with zero attached hydrogens (tertiary/aromatic N) is 3. The fourth-order valence-corrected chi connectivity index (χ4v) is 2.93. The number of amides is 1. The van der Waals surface area contributed by atoms with Gasteiger partial charge in [0.2, 0.25) is 5.82 Å². The lowest BCUT2D eigenvalue weighted by atomic mass is 10.2. The molecule has 8 heteroatoms. The number of nitrogens with one attached hydrogen (secondary N) is 1. The summed E-state index contributed by atoms with van der Waals surface area (Å²) in [6.07, 6.45) is 0. The second kappa shape index (κ2) is 8.03. The minimum absolute atomic E-state index is 0.0331. The summed E-state index contributed by atoms with van der Waals surface area (Å²) in [6.45, 7) is 0. The van der Waals surface area contributed by atoms with Gasteiger partial charge in [0.25, 0.3) is 5.91 Å². The van der Waals surface area contributed by atoms with E-state index in [1.54, 1.807) is 53.2 Å². The quantitative estimate of drug-likeness (QED) is 0.459. The van der Waals surface area contributed by atoms with Crippen molar-refractivity contribution in [1.82, 2.24) is 14.8 Å². The van der Waals surface area contributed by atoms with E-state index in [1.165, 1.54) is 24.3 Å². The number of halogens is 3. The van der Waals surface area contributed by atoms with E-state index in [4.69, 9.17) is 23.2 Å². The largest absolute Gasteiger partial charge is 0.319 e. The van der Waals surface area contributed by atoms with Gasteiger partial charge in [-0.15, -0.1) is 5.10 Å². The van der Waals surface area contributed by atoms with E-state index in [2.05, 4.69) is 15.4 Å². The summed E-state index contributed by atoms with van der Waals surface area (Å²) in [5.41, 5.74) is 1.86. The Labute approximate surface area is 175 Å². The molecular weight excluding hydrogens is 414 g/mol. The van der Waals surface area contributed by atoms with Crippen LogP contribution in [0.4, 0.5) is 10.1 Å². The molecule has 0 saturated carbocycles. The first-order chi connectivity index (χ1) is 14.0.